The van der Waals surface area contributed by atoms with Gasteiger partial charge in [0, 0.05) is 12.4 Å². The molecule has 0 radical (unpaired) electrons. The van der Waals surface area contributed by atoms with Crippen molar-refractivity contribution in [2.24, 2.45) is 0 Å². The number of nitrogens with zero attached hydrogens (tertiary/aromatic N) is 2. The van der Waals surface area contributed by atoms with Crippen LogP contribution in [0.4, 0.5) is 0 Å². The van der Waals surface area contributed by atoms with Gasteiger partial charge in [0.25, 0.3) is 0 Å². The van der Waals surface area contributed by atoms with Gasteiger partial charge in [-0.05, 0) is 26.3 Å². The third kappa shape index (κ3) is 1.46. The van der Waals surface area contributed by atoms with Gasteiger partial charge >= 0.3 is 0 Å². The Labute approximate surface area is 72.2 Å². The lowest BCUT2D eigenvalue weighted by Crippen LogP contribution is -2.14. The first-order valence-corrected chi connectivity index (χ1v) is 4.38. The molecule has 2 heterocycles. The third-order valence-electron chi connectivity index (χ3n) is 2.19. The van der Waals surface area contributed by atoms with Crippen LogP contribution in [0.2, 0.25) is 0 Å². The molecular weight excluding hydrogens is 150 g/mol. The molecule has 64 valence electrons. The summed E-state index contributed by atoms with van der Waals surface area (Å²) >= 11 is 0. The van der Waals surface area contributed by atoms with Crippen molar-refractivity contribution in [2.45, 2.75) is 25.8 Å². The van der Waals surface area contributed by atoms with E-state index in [9.17, 15) is 0 Å². The second-order valence-corrected chi connectivity index (χ2v) is 3.23. The molecule has 1 unspecified atom stereocenters. The van der Waals surface area contributed by atoms with E-state index in [1.807, 2.05) is 13.1 Å². The summed E-state index contributed by atoms with van der Waals surface area (Å²) < 4.78 is 0. The lowest BCUT2D eigenvalue weighted by atomic mass is 10.2. The van der Waals surface area contributed by atoms with Crippen molar-refractivity contribution >= 4 is 0 Å². The predicted molar refractivity (Wildman–Crippen MR) is 46.7 cm³/mol. The Morgan fingerprint density at radius 1 is 1.50 bits per heavy atom. The molecular formula is C9H13N3. The molecule has 1 saturated heterocycles. The fourth-order valence-corrected chi connectivity index (χ4v) is 1.59. The number of hydrogen-bond acceptors (Lipinski definition) is 3. The number of aryl methyl sites for hydroxylation is 1. The molecule has 0 saturated carbocycles. The van der Waals surface area contributed by atoms with Crippen molar-refractivity contribution in [1.82, 2.24) is 15.3 Å². The maximum atomic E-state index is 4.43. The summed E-state index contributed by atoms with van der Waals surface area (Å²) in [4.78, 5) is 8.56. The summed E-state index contributed by atoms with van der Waals surface area (Å²) in [6, 6.07) is 0.442. The highest BCUT2D eigenvalue weighted by atomic mass is 15.0. The fourth-order valence-electron chi connectivity index (χ4n) is 1.59. The normalized spacial score (nSPS) is 22.9. The minimum atomic E-state index is 0.442. The molecule has 1 atom stereocenters. The van der Waals surface area contributed by atoms with Crippen molar-refractivity contribution in [2.75, 3.05) is 6.54 Å². The topological polar surface area (TPSA) is 37.8 Å². The molecule has 1 aliphatic heterocycles. The van der Waals surface area contributed by atoms with Crippen LogP contribution in [-0.2, 0) is 0 Å². The number of hydrogen-bond donors (Lipinski definition) is 1. The van der Waals surface area contributed by atoms with E-state index < -0.39 is 0 Å². The second kappa shape index (κ2) is 3.19. The predicted octanol–water partition coefficient (Wildman–Crippen LogP) is 1.21. The van der Waals surface area contributed by atoms with Crippen LogP contribution < -0.4 is 5.32 Å². The first kappa shape index (κ1) is 7.68. The average Bonchev–Trinajstić information content (AvgIpc) is 2.56. The molecule has 3 nitrogen and oxygen atoms in total. The Bertz CT molecular complexity index is 266. The van der Waals surface area contributed by atoms with Crippen molar-refractivity contribution in [3.05, 3.63) is 23.8 Å². The summed E-state index contributed by atoms with van der Waals surface area (Å²) in [5.74, 6) is 0. The van der Waals surface area contributed by atoms with Crippen LogP contribution in [0.5, 0.6) is 0 Å². The fraction of sp³-hybridized carbons (Fsp3) is 0.556. The molecule has 1 aromatic heterocycles. The Morgan fingerprint density at radius 3 is 3.08 bits per heavy atom. The van der Waals surface area contributed by atoms with Crippen molar-refractivity contribution < 1.29 is 0 Å². The van der Waals surface area contributed by atoms with Gasteiger partial charge in [0.2, 0.25) is 0 Å². The van der Waals surface area contributed by atoms with E-state index in [4.69, 9.17) is 0 Å². The van der Waals surface area contributed by atoms with Crippen molar-refractivity contribution in [3.63, 3.8) is 0 Å². The zero-order valence-electron chi connectivity index (χ0n) is 7.25. The van der Waals surface area contributed by atoms with E-state index in [0.29, 0.717) is 6.04 Å². The van der Waals surface area contributed by atoms with Crippen LogP contribution in [-0.4, -0.2) is 16.5 Å². The highest BCUT2D eigenvalue weighted by molar-refractivity contribution is 5.07. The molecule has 12 heavy (non-hydrogen) atoms. The SMILES string of the molecule is Cc1cncc(C2CCCN2)n1. The van der Waals surface area contributed by atoms with Gasteiger partial charge in [-0.2, -0.15) is 0 Å². The number of nitrogens with one attached hydrogen (secondary N) is 1. The molecule has 0 bridgehead atoms. The standard InChI is InChI=1S/C9H13N3/c1-7-5-10-6-9(12-7)8-3-2-4-11-8/h5-6,8,11H,2-4H2,1H3. The van der Waals surface area contributed by atoms with Crippen LogP contribution in [0.1, 0.15) is 30.3 Å². The minimum Gasteiger partial charge on any atom is -0.309 e. The second-order valence-electron chi connectivity index (χ2n) is 3.23. The minimum absolute atomic E-state index is 0.442. The Morgan fingerprint density at radius 2 is 2.42 bits per heavy atom. The van der Waals surface area contributed by atoms with Crippen LogP contribution in [0, 0.1) is 6.92 Å². The van der Waals surface area contributed by atoms with E-state index in [-0.39, 0.29) is 0 Å². The first-order valence-electron chi connectivity index (χ1n) is 4.38. The van der Waals surface area contributed by atoms with E-state index in [1.54, 1.807) is 6.20 Å². The number of rotatable bonds is 1. The Hall–Kier alpha value is -0.960. The zero-order valence-corrected chi connectivity index (χ0v) is 7.25. The average molecular weight is 163 g/mol. The van der Waals surface area contributed by atoms with Gasteiger partial charge in [-0.3, -0.25) is 9.97 Å². The molecule has 1 N–H and O–H groups in total. The maximum absolute atomic E-state index is 4.43. The Balaban J connectivity index is 2.21. The van der Waals surface area contributed by atoms with E-state index >= 15 is 0 Å². The molecule has 0 aromatic carbocycles. The third-order valence-corrected chi connectivity index (χ3v) is 2.19. The van der Waals surface area contributed by atoms with Crippen LogP contribution >= 0.6 is 0 Å². The molecule has 3 heteroatoms. The quantitative estimate of drug-likeness (QED) is 0.676. The zero-order chi connectivity index (χ0) is 8.39. The highest BCUT2D eigenvalue weighted by Gasteiger charge is 2.17. The smallest absolute Gasteiger partial charge is 0.0759 e. The highest BCUT2D eigenvalue weighted by Crippen LogP contribution is 2.20. The van der Waals surface area contributed by atoms with E-state index in [0.717, 1.165) is 17.9 Å². The van der Waals surface area contributed by atoms with Gasteiger partial charge in [-0.25, -0.2) is 0 Å². The summed E-state index contributed by atoms with van der Waals surface area (Å²) in [5.41, 5.74) is 2.09. The monoisotopic (exact) mass is 163 g/mol. The maximum Gasteiger partial charge on any atom is 0.0759 e. The van der Waals surface area contributed by atoms with Gasteiger partial charge in [0.15, 0.2) is 0 Å². The summed E-state index contributed by atoms with van der Waals surface area (Å²) in [6.45, 7) is 3.09. The van der Waals surface area contributed by atoms with E-state index in [1.165, 1.54) is 12.8 Å². The number of aromatic nitrogens is 2. The van der Waals surface area contributed by atoms with Crippen molar-refractivity contribution in [3.8, 4) is 0 Å². The van der Waals surface area contributed by atoms with Gasteiger partial charge in [0.05, 0.1) is 17.4 Å². The lowest BCUT2D eigenvalue weighted by Gasteiger charge is -2.08. The van der Waals surface area contributed by atoms with Crippen LogP contribution in [0.25, 0.3) is 0 Å². The molecule has 0 spiro atoms. The summed E-state index contributed by atoms with van der Waals surface area (Å²) in [7, 11) is 0. The lowest BCUT2D eigenvalue weighted by molar-refractivity contribution is 0.622. The molecule has 1 aliphatic rings. The van der Waals surface area contributed by atoms with Gasteiger partial charge in [-0.1, -0.05) is 0 Å². The van der Waals surface area contributed by atoms with Crippen LogP contribution in [0.15, 0.2) is 12.4 Å². The molecule has 0 amide bonds. The van der Waals surface area contributed by atoms with Gasteiger partial charge < -0.3 is 5.32 Å². The summed E-state index contributed by atoms with van der Waals surface area (Å²) in [5, 5.41) is 3.40. The van der Waals surface area contributed by atoms with Gasteiger partial charge in [-0.15, -0.1) is 0 Å². The Kier molecular flexibility index (Phi) is 2.04. The first-order chi connectivity index (χ1) is 5.86. The van der Waals surface area contributed by atoms with Gasteiger partial charge in [0.1, 0.15) is 0 Å². The molecule has 2 rings (SSSR count). The summed E-state index contributed by atoms with van der Waals surface area (Å²) in [6.07, 6.45) is 6.09. The van der Waals surface area contributed by atoms with E-state index in [2.05, 4.69) is 15.3 Å². The van der Waals surface area contributed by atoms with Crippen molar-refractivity contribution in [1.29, 1.82) is 0 Å². The largest absolute Gasteiger partial charge is 0.309 e. The molecule has 1 aromatic rings. The molecule has 1 fully saturated rings. The molecule has 0 aliphatic carbocycles. The van der Waals surface area contributed by atoms with Crippen LogP contribution in [0.3, 0.4) is 0 Å².